The third-order valence-corrected chi connectivity index (χ3v) is 6.39. The fraction of sp³-hybridized carbons (Fsp3) is 0.375. The molecule has 0 bridgehead atoms. The molecule has 9 heteroatoms. The average Bonchev–Trinajstić information content (AvgIpc) is 3.37. The molecular weight excluding hydrogens is 416 g/mol. The number of nitrogens with two attached hydrogens (primary N) is 1. The molecule has 33 heavy (non-hydrogen) atoms. The Balaban J connectivity index is 1.41. The van der Waals surface area contributed by atoms with E-state index in [1.54, 1.807) is 18.5 Å². The topological polar surface area (TPSA) is 112 Å². The molecular formula is C24H28N8O. The molecule has 4 aromatic rings. The smallest absolute Gasteiger partial charge is 0.261 e. The number of pyridine rings is 2. The number of likely N-dealkylation sites (N-methyl/N-ethyl adjacent to an activating group) is 1. The number of anilines is 1. The summed E-state index contributed by atoms with van der Waals surface area (Å²) in [5, 5.41) is 8.82. The molecule has 9 nitrogen and oxygen atoms in total. The first kappa shape index (κ1) is 21.3. The molecule has 0 amide bonds. The normalized spacial score (nSPS) is 15.6. The highest BCUT2D eigenvalue weighted by atomic mass is 16.5. The minimum absolute atomic E-state index is 0.367. The summed E-state index contributed by atoms with van der Waals surface area (Å²) in [5.74, 6) is 2.12. The first-order chi connectivity index (χ1) is 15.9. The van der Waals surface area contributed by atoms with Crippen molar-refractivity contribution < 1.29 is 4.52 Å². The van der Waals surface area contributed by atoms with Gasteiger partial charge in [0.15, 0.2) is 5.82 Å². The van der Waals surface area contributed by atoms with Gasteiger partial charge in [-0.15, -0.1) is 0 Å². The fourth-order valence-electron chi connectivity index (χ4n) is 4.09. The van der Waals surface area contributed by atoms with Crippen molar-refractivity contribution in [1.82, 2.24) is 34.8 Å². The summed E-state index contributed by atoms with van der Waals surface area (Å²) in [6.45, 7) is 3.89. The largest absolute Gasteiger partial charge is 0.384 e. The van der Waals surface area contributed by atoms with Crippen molar-refractivity contribution >= 4 is 5.82 Å². The summed E-state index contributed by atoms with van der Waals surface area (Å²) in [5.41, 5.74) is 9.02. The van der Waals surface area contributed by atoms with Crippen LogP contribution in [-0.2, 0) is 12.0 Å². The Kier molecular flexibility index (Phi) is 5.41. The summed E-state index contributed by atoms with van der Waals surface area (Å²) >= 11 is 0. The highest BCUT2D eigenvalue weighted by molar-refractivity contribution is 5.59. The van der Waals surface area contributed by atoms with E-state index in [2.05, 4.69) is 33.1 Å². The molecule has 2 N–H and O–H groups in total. The van der Waals surface area contributed by atoms with Gasteiger partial charge >= 0.3 is 0 Å². The van der Waals surface area contributed by atoms with E-state index in [0.29, 0.717) is 23.5 Å². The van der Waals surface area contributed by atoms with Crippen molar-refractivity contribution in [3.63, 3.8) is 0 Å². The van der Waals surface area contributed by atoms with Gasteiger partial charge < -0.3 is 15.2 Å². The van der Waals surface area contributed by atoms with Gasteiger partial charge in [-0.2, -0.15) is 10.1 Å². The molecule has 0 spiro atoms. The van der Waals surface area contributed by atoms with E-state index in [-0.39, 0.29) is 5.41 Å². The van der Waals surface area contributed by atoms with Gasteiger partial charge in [0, 0.05) is 30.7 Å². The highest BCUT2D eigenvalue weighted by Gasteiger charge is 2.47. The molecule has 1 atom stereocenters. The van der Waals surface area contributed by atoms with Crippen molar-refractivity contribution in [2.45, 2.75) is 31.7 Å². The monoisotopic (exact) mass is 444 g/mol. The molecule has 0 aliphatic heterocycles. The molecule has 1 fully saturated rings. The maximum atomic E-state index is 5.70. The van der Waals surface area contributed by atoms with E-state index >= 15 is 0 Å². The van der Waals surface area contributed by atoms with Crippen LogP contribution in [0.25, 0.3) is 22.7 Å². The number of hydrogen-bond acceptors (Lipinski definition) is 8. The molecule has 170 valence electrons. The van der Waals surface area contributed by atoms with E-state index in [0.717, 1.165) is 48.3 Å². The van der Waals surface area contributed by atoms with Gasteiger partial charge in [0.25, 0.3) is 5.89 Å². The van der Waals surface area contributed by atoms with Gasteiger partial charge in [0.05, 0.1) is 29.4 Å². The molecule has 1 unspecified atom stereocenters. The number of aromatic nitrogens is 6. The summed E-state index contributed by atoms with van der Waals surface area (Å²) in [4.78, 5) is 15.8. The van der Waals surface area contributed by atoms with Crippen LogP contribution in [0.3, 0.4) is 0 Å². The Morgan fingerprint density at radius 3 is 2.61 bits per heavy atom. The number of nitrogens with zero attached hydrogens (tertiary/aromatic N) is 7. The molecule has 1 aliphatic rings. The van der Waals surface area contributed by atoms with Crippen LogP contribution >= 0.6 is 0 Å². The molecule has 5 rings (SSSR count). The first-order valence-corrected chi connectivity index (χ1v) is 11.1. The molecule has 0 saturated heterocycles. The second kappa shape index (κ2) is 8.40. The zero-order valence-corrected chi connectivity index (χ0v) is 19.1. The van der Waals surface area contributed by atoms with E-state index < -0.39 is 0 Å². The van der Waals surface area contributed by atoms with Crippen LogP contribution in [0.5, 0.6) is 0 Å². The predicted octanol–water partition coefficient (Wildman–Crippen LogP) is 3.25. The van der Waals surface area contributed by atoms with Crippen LogP contribution in [-0.4, -0.2) is 55.4 Å². The van der Waals surface area contributed by atoms with E-state index in [1.807, 2.05) is 43.3 Å². The van der Waals surface area contributed by atoms with Crippen LogP contribution in [0.2, 0.25) is 0 Å². The molecule has 0 aromatic carbocycles. The van der Waals surface area contributed by atoms with E-state index in [4.69, 9.17) is 20.2 Å². The Morgan fingerprint density at radius 1 is 1.09 bits per heavy atom. The lowest BCUT2D eigenvalue weighted by Gasteiger charge is -2.26. The second-order valence-electron chi connectivity index (χ2n) is 9.10. The fourth-order valence-corrected chi connectivity index (χ4v) is 4.09. The van der Waals surface area contributed by atoms with Crippen LogP contribution < -0.4 is 5.73 Å². The third kappa shape index (κ3) is 4.23. The summed E-state index contributed by atoms with van der Waals surface area (Å²) in [6.07, 6.45) is 9.64. The van der Waals surface area contributed by atoms with Gasteiger partial charge in [-0.1, -0.05) is 11.2 Å². The molecule has 1 saturated carbocycles. The summed E-state index contributed by atoms with van der Waals surface area (Å²) < 4.78 is 7.57. The lowest BCUT2D eigenvalue weighted by Crippen LogP contribution is -2.28. The maximum absolute atomic E-state index is 5.70. The van der Waals surface area contributed by atoms with Crippen LogP contribution in [0.1, 0.15) is 31.2 Å². The average molecular weight is 445 g/mol. The van der Waals surface area contributed by atoms with Gasteiger partial charge in [-0.25, -0.2) is 4.98 Å². The number of hydrogen-bond donors (Lipinski definition) is 1. The Morgan fingerprint density at radius 2 is 1.94 bits per heavy atom. The van der Waals surface area contributed by atoms with Crippen molar-refractivity contribution in [2.75, 3.05) is 26.4 Å². The Labute approximate surface area is 192 Å². The van der Waals surface area contributed by atoms with Crippen LogP contribution in [0, 0.1) is 5.92 Å². The van der Waals surface area contributed by atoms with Crippen molar-refractivity contribution in [2.24, 2.45) is 5.92 Å². The first-order valence-electron chi connectivity index (χ1n) is 11.1. The Hall–Kier alpha value is -3.59. The predicted molar refractivity (Wildman–Crippen MR) is 125 cm³/mol. The third-order valence-electron chi connectivity index (χ3n) is 6.39. The minimum atomic E-state index is -0.367. The molecule has 4 aromatic heterocycles. The molecule has 0 radical (unpaired) electrons. The molecule has 4 heterocycles. The number of nitrogen functional groups attached to an aromatic ring is 1. The second-order valence-corrected chi connectivity index (χ2v) is 9.10. The molecule has 1 aliphatic carbocycles. The van der Waals surface area contributed by atoms with Gasteiger partial charge in [-0.3, -0.25) is 9.67 Å². The summed E-state index contributed by atoms with van der Waals surface area (Å²) in [6, 6.07) is 7.82. The lowest BCUT2D eigenvalue weighted by molar-refractivity contribution is 0.373. The maximum Gasteiger partial charge on any atom is 0.261 e. The van der Waals surface area contributed by atoms with Gasteiger partial charge in [0.2, 0.25) is 0 Å². The summed E-state index contributed by atoms with van der Waals surface area (Å²) in [7, 11) is 4.09. The highest BCUT2D eigenvalue weighted by Crippen LogP contribution is 2.50. The zero-order valence-electron chi connectivity index (χ0n) is 19.1. The Bertz CT molecular complexity index is 1220. The van der Waals surface area contributed by atoms with Crippen molar-refractivity contribution in [3.05, 3.63) is 60.4 Å². The minimum Gasteiger partial charge on any atom is -0.384 e. The standard InChI is InChI=1S/C24H28N8O/c1-24(18-5-6-18,19-7-8-20(26-14-19)16-4-9-21(25)27-12-16)23-29-22(33-30-23)17-13-28-32(15-17)11-10-31(2)3/h4,7-9,12-15,18H,5-6,10-11H2,1-3H3,(H2,25,27). The van der Waals surface area contributed by atoms with Crippen molar-refractivity contribution in [1.29, 1.82) is 0 Å². The van der Waals surface area contributed by atoms with Crippen molar-refractivity contribution in [3.8, 4) is 22.7 Å². The van der Waals surface area contributed by atoms with Gasteiger partial charge in [-0.05, 0) is 63.5 Å². The van der Waals surface area contributed by atoms with E-state index in [9.17, 15) is 0 Å². The van der Waals surface area contributed by atoms with E-state index in [1.165, 1.54) is 0 Å². The van der Waals surface area contributed by atoms with Gasteiger partial charge in [0.1, 0.15) is 5.82 Å². The number of rotatable bonds is 8. The lowest BCUT2D eigenvalue weighted by atomic mass is 9.77. The SMILES string of the molecule is CN(C)CCn1cc(-c2nc(C(C)(c3ccc(-c4ccc(N)nc4)nc3)C3CC3)no2)cn1. The van der Waals surface area contributed by atoms with Crippen LogP contribution in [0.4, 0.5) is 5.82 Å². The quantitative estimate of drug-likeness (QED) is 0.441. The van der Waals surface area contributed by atoms with Crippen LogP contribution in [0.15, 0.2) is 53.6 Å². The zero-order chi connectivity index (χ0) is 23.0.